The first-order valence-corrected chi connectivity index (χ1v) is 5.69. The fourth-order valence-corrected chi connectivity index (χ4v) is 1.16. The summed E-state index contributed by atoms with van der Waals surface area (Å²) in [6.07, 6.45) is -4.77. The van der Waals surface area contributed by atoms with Crippen molar-refractivity contribution >= 4 is 0 Å². The zero-order valence-electron chi connectivity index (χ0n) is 10.2. The van der Waals surface area contributed by atoms with Gasteiger partial charge in [-0.15, -0.1) is 0 Å². The van der Waals surface area contributed by atoms with E-state index in [9.17, 15) is 13.2 Å². The van der Waals surface area contributed by atoms with Gasteiger partial charge in [-0.2, -0.15) is 13.2 Å². The Kier molecular flexibility index (Phi) is 7.76. The van der Waals surface area contributed by atoms with Gasteiger partial charge in [-0.25, -0.2) is 0 Å². The Morgan fingerprint density at radius 3 is 2.31 bits per heavy atom. The third kappa shape index (κ3) is 11.8. The van der Waals surface area contributed by atoms with Crippen molar-refractivity contribution in [3.8, 4) is 0 Å². The second kappa shape index (κ2) is 7.90. The Balaban J connectivity index is 3.31. The first-order valence-electron chi connectivity index (χ1n) is 5.69. The SMILES string of the molecule is CC(CNC(C)C)COCCCC(F)(F)F. The van der Waals surface area contributed by atoms with E-state index in [1.165, 1.54) is 0 Å². The molecule has 5 heteroatoms. The quantitative estimate of drug-likeness (QED) is 0.660. The van der Waals surface area contributed by atoms with Crippen molar-refractivity contribution in [1.82, 2.24) is 5.32 Å². The average molecular weight is 241 g/mol. The molecule has 1 N–H and O–H groups in total. The minimum Gasteiger partial charge on any atom is -0.381 e. The molecule has 1 unspecified atom stereocenters. The first-order chi connectivity index (χ1) is 7.31. The van der Waals surface area contributed by atoms with Gasteiger partial charge in [0.05, 0.1) is 6.61 Å². The number of hydrogen-bond donors (Lipinski definition) is 1. The third-order valence-corrected chi connectivity index (χ3v) is 2.03. The molecule has 0 saturated carbocycles. The maximum Gasteiger partial charge on any atom is 0.389 e. The zero-order chi connectivity index (χ0) is 12.6. The van der Waals surface area contributed by atoms with Crippen LogP contribution in [-0.4, -0.2) is 32.0 Å². The minimum absolute atomic E-state index is 0.0494. The molecule has 0 radical (unpaired) electrons. The largest absolute Gasteiger partial charge is 0.389 e. The van der Waals surface area contributed by atoms with E-state index < -0.39 is 12.6 Å². The molecule has 0 aliphatic rings. The lowest BCUT2D eigenvalue weighted by Crippen LogP contribution is -2.29. The number of halogens is 3. The van der Waals surface area contributed by atoms with Crippen LogP contribution in [0.3, 0.4) is 0 Å². The van der Waals surface area contributed by atoms with Crippen LogP contribution in [0.4, 0.5) is 13.2 Å². The number of hydrogen-bond acceptors (Lipinski definition) is 2. The van der Waals surface area contributed by atoms with Crippen molar-refractivity contribution in [2.24, 2.45) is 5.92 Å². The predicted molar refractivity (Wildman–Crippen MR) is 58.4 cm³/mol. The van der Waals surface area contributed by atoms with Gasteiger partial charge in [0, 0.05) is 25.6 Å². The maximum atomic E-state index is 11.8. The molecule has 0 aliphatic heterocycles. The molecule has 0 aromatic rings. The van der Waals surface area contributed by atoms with Crippen LogP contribution in [-0.2, 0) is 4.74 Å². The molecule has 0 aromatic carbocycles. The molecule has 0 fully saturated rings. The lowest BCUT2D eigenvalue weighted by molar-refractivity contribution is -0.138. The molecule has 0 heterocycles. The second-order valence-corrected chi connectivity index (χ2v) is 4.46. The Hall–Kier alpha value is -0.290. The topological polar surface area (TPSA) is 21.3 Å². The molecule has 16 heavy (non-hydrogen) atoms. The van der Waals surface area contributed by atoms with Gasteiger partial charge in [0.2, 0.25) is 0 Å². The van der Waals surface area contributed by atoms with Crippen LogP contribution in [0, 0.1) is 5.92 Å². The lowest BCUT2D eigenvalue weighted by atomic mass is 10.2. The van der Waals surface area contributed by atoms with Crippen LogP contribution in [0.2, 0.25) is 0 Å². The van der Waals surface area contributed by atoms with Crippen LogP contribution in [0.5, 0.6) is 0 Å². The van der Waals surface area contributed by atoms with E-state index in [1.54, 1.807) is 0 Å². The predicted octanol–water partition coefficient (Wildman–Crippen LogP) is 2.98. The highest BCUT2D eigenvalue weighted by Crippen LogP contribution is 2.21. The number of alkyl halides is 3. The van der Waals surface area contributed by atoms with Gasteiger partial charge in [-0.05, 0) is 12.3 Å². The summed E-state index contributed by atoms with van der Waals surface area (Å²) >= 11 is 0. The molecule has 0 aliphatic carbocycles. The Morgan fingerprint density at radius 2 is 1.81 bits per heavy atom. The van der Waals surface area contributed by atoms with E-state index in [4.69, 9.17) is 4.74 Å². The van der Waals surface area contributed by atoms with E-state index in [0.29, 0.717) is 18.6 Å². The van der Waals surface area contributed by atoms with Crippen LogP contribution in [0.1, 0.15) is 33.6 Å². The van der Waals surface area contributed by atoms with Crippen LogP contribution >= 0.6 is 0 Å². The molecule has 98 valence electrons. The van der Waals surface area contributed by atoms with Gasteiger partial charge >= 0.3 is 6.18 Å². The second-order valence-electron chi connectivity index (χ2n) is 4.46. The van der Waals surface area contributed by atoms with Crippen molar-refractivity contribution in [3.63, 3.8) is 0 Å². The highest BCUT2D eigenvalue weighted by molar-refractivity contribution is 4.59. The molecule has 0 spiro atoms. The molecule has 2 nitrogen and oxygen atoms in total. The van der Waals surface area contributed by atoms with E-state index in [-0.39, 0.29) is 13.0 Å². The fourth-order valence-electron chi connectivity index (χ4n) is 1.16. The summed E-state index contributed by atoms with van der Waals surface area (Å²) in [6.45, 7) is 7.65. The van der Waals surface area contributed by atoms with E-state index in [0.717, 1.165) is 6.54 Å². The van der Waals surface area contributed by atoms with Gasteiger partial charge in [0.1, 0.15) is 0 Å². The molecule has 0 saturated heterocycles. The van der Waals surface area contributed by atoms with E-state index in [1.807, 2.05) is 6.92 Å². The van der Waals surface area contributed by atoms with Crippen molar-refractivity contribution in [2.75, 3.05) is 19.8 Å². The summed E-state index contributed by atoms with van der Waals surface area (Å²) in [4.78, 5) is 0. The van der Waals surface area contributed by atoms with Gasteiger partial charge in [-0.1, -0.05) is 20.8 Å². The summed E-state index contributed by atoms with van der Waals surface area (Å²) in [5.41, 5.74) is 0. The van der Waals surface area contributed by atoms with Crippen molar-refractivity contribution in [2.45, 2.75) is 45.8 Å². The van der Waals surface area contributed by atoms with Crippen LogP contribution in [0.25, 0.3) is 0 Å². The fraction of sp³-hybridized carbons (Fsp3) is 1.00. The summed E-state index contributed by atoms with van der Waals surface area (Å²) < 4.78 is 40.5. The third-order valence-electron chi connectivity index (χ3n) is 2.03. The Morgan fingerprint density at radius 1 is 1.19 bits per heavy atom. The van der Waals surface area contributed by atoms with Crippen molar-refractivity contribution in [1.29, 1.82) is 0 Å². The highest BCUT2D eigenvalue weighted by Gasteiger charge is 2.25. The monoisotopic (exact) mass is 241 g/mol. The molecular weight excluding hydrogens is 219 g/mol. The number of rotatable bonds is 8. The standard InChI is InChI=1S/C11H22F3NO/c1-9(2)15-7-10(3)8-16-6-4-5-11(12,13)14/h9-10,15H,4-8H2,1-3H3. The van der Waals surface area contributed by atoms with Crippen LogP contribution < -0.4 is 5.32 Å². The molecule has 0 rings (SSSR count). The molecule has 0 bridgehead atoms. The summed E-state index contributed by atoms with van der Waals surface area (Å²) in [7, 11) is 0. The van der Waals surface area contributed by atoms with Gasteiger partial charge in [0.15, 0.2) is 0 Å². The van der Waals surface area contributed by atoms with Crippen LogP contribution in [0.15, 0.2) is 0 Å². The molecule has 0 aromatic heterocycles. The highest BCUT2D eigenvalue weighted by atomic mass is 19.4. The van der Waals surface area contributed by atoms with Crippen molar-refractivity contribution < 1.29 is 17.9 Å². The van der Waals surface area contributed by atoms with E-state index >= 15 is 0 Å². The smallest absolute Gasteiger partial charge is 0.381 e. The van der Waals surface area contributed by atoms with E-state index in [2.05, 4.69) is 19.2 Å². The summed E-state index contributed by atoms with van der Waals surface area (Å²) in [5, 5.41) is 3.25. The lowest BCUT2D eigenvalue weighted by Gasteiger charge is -2.15. The molecule has 1 atom stereocenters. The Labute approximate surface area is 95.5 Å². The summed E-state index contributed by atoms with van der Waals surface area (Å²) in [6, 6.07) is 0.424. The number of ether oxygens (including phenoxy) is 1. The first kappa shape index (κ1) is 15.7. The molecular formula is C11H22F3NO. The average Bonchev–Trinajstić information content (AvgIpc) is 2.12. The zero-order valence-corrected chi connectivity index (χ0v) is 10.2. The van der Waals surface area contributed by atoms with Gasteiger partial charge in [-0.3, -0.25) is 0 Å². The van der Waals surface area contributed by atoms with Gasteiger partial charge < -0.3 is 10.1 Å². The summed E-state index contributed by atoms with van der Waals surface area (Å²) in [5.74, 6) is 0.327. The minimum atomic E-state index is -4.06. The number of nitrogens with one attached hydrogen (secondary N) is 1. The van der Waals surface area contributed by atoms with Crippen molar-refractivity contribution in [3.05, 3.63) is 0 Å². The molecule has 0 amide bonds. The maximum absolute atomic E-state index is 11.8. The Bertz CT molecular complexity index is 171. The normalized spacial score (nSPS) is 14.4. The van der Waals surface area contributed by atoms with Gasteiger partial charge in [0.25, 0.3) is 0 Å².